The summed E-state index contributed by atoms with van der Waals surface area (Å²) in [4.78, 5) is 26.9. The largest absolute Gasteiger partial charge is 0.495 e. The van der Waals surface area contributed by atoms with Crippen LogP contribution in [0.4, 0.5) is 29.3 Å². The molecule has 1 saturated heterocycles. The molecule has 0 bridgehead atoms. The Labute approximate surface area is 246 Å². The van der Waals surface area contributed by atoms with E-state index in [1.54, 1.807) is 43.1 Å². The molecule has 224 valence electrons. The molecule has 1 aliphatic rings. The van der Waals surface area contributed by atoms with Gasteiger partial charge in [0.25, 0.3) is 0 Å². The number of methoxy groups -OCH3 is 1. The molecule has 0 radical (unpaired) electrons. The second-order valence-corrected chi connectivity index (χ2v) is 10.7. The third-order valence-electron chi connectivity index (χ3n) is 6.83. The molecule has 0 atom stereocenters. The Kier molecular flexibility index (Phi) is 10.1. The van der Waals surface area contributed by atoms with E-state index in [2.05, 4.69) is 27.8 Å². The highest BCUT2D eigenvalue weighted by molar-refractivity contribution is 7.98. The number of hydrogen-bond donors (Lipinski definition) is 4. The average molecular weight is 603 g/mol. The fourth-order valence-electron chi connectivity index (χ4n) is 4.87. The number of nitrogens with one attached hydrogen (secondary N) is 3. The molecule has 3 amide bonds. The molecule has 42 heavy (non-hydrogen) atoms. The van der Waals surface area contributed by atoms with E-state index in [1.807, 2.05) is 29.4 Å². The van der Waals surface area contributed by atoms with Crippen molar-refractivity contribution in [3.63, 3.8) is 0 Å². The van der Waals surface area contributed by atoms with Crippen molar-refractivity contribution in [1.29, 1.82) is 0 Å². The summed E-state index contributed by atoms with van der Waals surface area (Å²) in [6, 6.07) is 11.5. The monoisotopic (exact) mass is 602 g/mol. The third-order valence-corrected chi connectivity index (χ3v) is 7.55. The topological polar surface area (TPSA) is 114 Å². The SMILES string of the molecule is COc1cc(SC)ccc1NCC#Cc1cc2c(NC(=O)NC3CCN(CC(N)=O)CC3)cccc2n1CC(F)(F)F. The van der Waals surface area contributed by atoms with E-state index in [9.17, 15) is 22.8 Å². The molecule has 1 aliphatic heterocycles. The van der Waals surface area contributed by atoms with Gasteiger partial charge in [-0.15, -0.1) is 11.8 Å². The maximum absolute atomic E-state index is 13.5. The van der Waals surface area contributed by atoms with Gasteiger partial charge in [0, 0.05) is 29.4 Å². The smallest absolute Gasteiger partial charge is 0.406 e. The predicted octanol–water partition coefficient (Wildman–Crippen LogP) is 4.47. The number of benzene rings is 2. The molecule has 1 aromatic heterocycles. The van der Waals surface area contributed by atoms with Gasteiger partial charge in [-0.2, -0.15) is 13.2 Å². The number of thioether (sulfide) groups is 1. The van der Waals surface area contributed by atoms with Gasteiger partial charge in [-0.25, -0.2) is 4.79 Å². The van der Waals surface area contributed by atoms with E-state index in [0.717, 1.165) is 15.1 Å². The Bertz CT molecular complexity index is 1490. The maximum Gasteiger partial charge on any atom is 0.406 e. The van der Waals surface area contributed by atoms with Gasteiger partial charge in [-0.05, 0) is 61.4 Å². The van der Waals surface area contributed by atoms with Crippen LogP contribution in [0.15, 0.2) is 47.4 Å². The minimum Gasteiger partial charge on any atom is -0.495 e. The summed E-state index contributed by atoms with van der Waals surface area (Å²) in [6.45, 7) is 0.370. The maximum atomic E-state index is 13.5. The summed E-state index contributed by atoms with van der Waals surface area (Å²) in [5.41, 5.74) is 6.82. The molecular weight excluding hydrogens is 569 g/mol. The number of aromatic nitrogens is 1. The first-order valence-electron chi connectivity index (χ1n) is 13.3. The fraction of sp³-hybridized carbons (Fsp3) is 0.379. The lowest BCUT2D eigenvalue weighted by atomic mass is 10.1. The van der Waals surface area contributed by atoms with Crippen molar-refractivity contribution in [2.24, 2.45) is 5.73 Å². The number of fused-ring (bicyclic) bond motifs is 1. The zero-order chi connectivity index (χ0) is 30.3. The van der Waals surface area contributed by atoms with Crippen molar-refractivity contribution >= 4 is 46.0 Å². The van der Waals surface area contributed by atoms with Gasteiger partial charge in [-0.1, -0.05) is 12.0 Å². The van der Waals surface area contributed by atoms with Gasteiger partial charge >= 0.3 is 12.2 Å². The van der Waals surface area contributed by atoms with Crippen LogP contribution in [0.5, 0.6) is 5.75 Å². The first-order valence-corrected chi connectivity index (χ1v) is 14.5. The standard InChI is InChI=1S/C29H33F3N6O3S/c1-41-26-16-21(42-2)8-9-24(26)34-12-4-5-20-15-22-23(6-3-7-25(22)38(20)18-29(30,31)32)36-28(40)35-19-10-13-37(14-11-19)17-27(33)39/h3,6-9,15-16,19,34H,10-14,17-18H2,1-2H3,(H2,33,39)(H2,35,36,40). The number of halogens is 3. The molecule has 2 aromatic carbocycles. The Balaban J connectivity index is 1.49. The van der Waals surface area contributed by atoms with Crippen molar-refractivity contribution in [1.82, 2.24) is 14.8 Å². The summed E-state index contributed by atoms with van der Waals surface area (Å²) in [7, 11) is 1.56. The van der Waals surface area contributed by atoms with Crippen LogP contribution in [0, 0.1) is 11.8 Å². The van der Waals surface area contributed by atoms with E-state index >= 15 is 0 Å². The molecule has 0 unspecified atom stereocenters. The number of piperidine rings is 1. The van der Waals surface area contributed by atoms with Gasteiger partial charge in [0.15, 0.2) is 0 Å². The fourth-order valence-corrected chi connectivity index (χ4v) is 5.29. The number of rotatable bonds is 9. The lowest BCUT2D eigenvalue weighted by Gasteiger charge is -2.31. The minimum absolute atomic E-state index is 0.104. The van der Waals surface area contributed by atoms with Crippen LogP contribution in [0.3, 0.4) is 0 Å². The number of anilines is 2. The Morgan fingerprint density at radius 2 is 1.90 bits per heavy atom. The minimum atomic E-state index is -4.47. The zero-order valence-electron chi connectivity index (χ0n) is 23.3. The molecule has 2 heterocycles. The summed E-state index contributed by atoms with van der Waals surface area (Å²) < 4.78 is 47.2. The Hall–Kier alpha value is -4.02. The average Bonchev–Trinajstić information content (AvgIpc) is 3.28. The van der Waals surface area contributed by atoms with Crippen LogP contribution in [0.2, 0.25) is 0 Å². The second-order valence-electron chi connectivity index (χ2n) is 9.81. The van der Waals surface area contributed by atoms with E-state index < -0.39 is 24.7 Å². The summed E-state index contributed by atoms with van der Waals surface area (Å²) in [5.74, 6) is 6.01. The molecular formula is C29H33F3N6O3S. The van der Waals surface area contributed by atoms with Crippen molar-refractivity contribution in [3.05, 3.63) is 48.2 Å². The molecule has 1 fully saturated rings. The van der Waals surface area contributed by atoms with Crippen LogP contribution < -0.4 is 26.4 Å². The molecule has 0 spiro atoms. The molecule has 5 N–H and O–H groups in total. The van der Waals surface area contributed by atoms with Crippen LogP contribution in [0.25, 0.3) is 10.9 Å². The number of carbonyl (C=O) groups is 2. The number of hydrogen-bond acceptors (Lipinski definition) is 6. The van der Waals surface area contributed by atoms with Crippen LogP contribution in [-0.2, 0) is 11.3 Å². The third kappa shape index (κ3) is 8.27. The summed E-state index contributed by atoms with van der Waals surface area (Å²) in [6.07, 6.45) is -1.22. The Morgan fingerprint density at radius 3 is 2.57 bits per heavy atom. The number of likely N-dealkylation sites (tertiary alicyclic amines) is 1. The number of nitrogens with two attached hydrogens (primary N) is 1. The van der Waals surface area contributed by atoms with E-state index in [4.69, 9.17) is 10.5 Å². The van der Waals surface area contributed by atoms with E-state index in [1.165, 1.54) is 0 Å². The molecule has 13 heteroatoms. The van der Waals surface area contributed by atoms with Crippen molar-refractivity contribution in [2.45, 2.75) is 36.5 Å². The second kappa shape index (κ2) is 13.8. The predicted molar refractivity (Wildman–Crippen MR) is 159 cm³/mol. The lowest BCUT2D eigenvalue weighted by Crippen LogP contribution is -2.47. The molecule has 9 nitrogen and oxygen atoms in total. The number of amides is 3. The van der Waals surface area contributed by atoms with Gasteiger partial charge in [0.2, 0.25) is 5.91 Å². The highest BCUT2D eigenvalue weighted by Gasteiger charge is 2.30. The normalized spacial score (nSPS) is 14.2. The Morgan fingerprint density at radius 1 is 1.14 bits per heavy atom. The number of carbonyl (C=O) groups excluding carboxylic acids is 2. The van der Waals surface area contributed by atoms with Gasteiger partial charge < -0.3 is 31.0 Å². The highest BCUT2D eigenvalue weighted by atomic mass is 32.2. The van der Waals surface area contributed by atoms with Gasteiger partial charge in [-0.3, -0.25) is 9.69 Å². The van der Waals surface area contributed by atoms with Crippen molar-refractivity contribution < 1.29 is 27.5 Å². The van der Waals surface area contributed by atoms with Crippen molar-refractivity contribution in [3.8, 4) is 17.6 Å². The first kappa shape index (κ1) is 30.9. The first-order chi connectivity index (χ1) is 20.1. The van der Waals surface area contributed by atoms with E-state index in [0.29, 0.717) is 48.3 Å². The van der Waals surface area contributed by atoms with Crippen LogP contribution >= 0.6 is 11.8 Å². The summed E-state index contributed by atoms with van der Waals surface area (Å²) >= 11 is 1.58. The lowest BCUT2D eigenvalue weighted by molar-refractivity contribution is -0.140. The van der Waals surface area contributed by atoms with Crippen LogP contribution in [-0.4, -0.2) is 73.2 Å². The van der Waals surface area contributed by atoms with Gasteiger partial charge in [0.05, 0.1) is 42.8 Å². The van der Waals surface area contributed by atoms with Crippen LogP contribution in [0.1, 0.15) is 18.5 Å². The quantitative estimate of drug-likeness (QED) is 0.212. The summed E-state index contributed by atoms with van der Waals surface area (Å²) in [5, 5.41) is 9.28. The molecule has 0 aliphatic carbocycles. The number of nitrogens with zero attached hydrogens (tertiary/aromatic N) is 2. The number of alkyl halides is 3. The van der Waals surface area contributed by atoms with E-state index in [-0.39, 0.29) is 24.8 Å². The number of primary amides is 1. The van der Waals surface area contributed by atoms with Gasteiger partial charge in [0.1, 0.15) is 12.3 Å². The number of ether oxygens (including phenoxy) is 1. The zero-order valence-corrected chi connectivity index (χ0v) is 24.1. The molecule has 4 rings (SSSR count). The molecule has 3 aromatic rings. The molecule has 0 saturated carbocycles. The highest BCUT2D eigenvalue weighted by Crippen LogP contribution is 2.31. The number of urea groups is 1. The van der Waals surface area contributed by atoms with Crippen molar-refractivity contribution in [2.75, 3.05) is 50.2 Å².